The minimum absolute atomic E-state index is 0.278. The predicted molar refractivity (Wildman–Crippen MR) is 41.5 cm³/mol. The van der Waals surface area contributed by atoms with Gasteiger partial charge >= 0.3 is 0 Å². The lowest BCUT2D eigenvalue weighted by atomic mass is 10.5. The van der Waals surface area contributed by atoms with E-state index in [2.05, 4.69) is 20.9 Å². The van der Waals surface area contributed by atoms with E-state index >= 15 is 0 Å². The number of nitrogens with zero attached hydrogens (tertiary/aromatic N) is 2. The zero-order chi connectivity index (χ0) is 7.72. The molecule has 3 nitrogen and oxygen atoms in total. The Morgan fingerprint density at radius 1 is 1.70 bits per heavy atom. The molecule has 0 unspecified atom stereocenters. The second-order valence-electron chi connectivity index (χ2n) is 2.11. The molecular weight excluding hydrogens is 194 g/mol. The molecule has 0 spiro atoms. The Bertz CT molecular complexity index is 302. The molecule has 0 atom stereocenters. The van der Waals surface area contributed by atoms with E-state index in [9.17, 15) is 0 Å². The van der Waals surface area contributed by atoms with Crippen LogP contribution in [0.5, 0.6) is 0 Å². The third-order valence-corrected chi connectivity index (χ3v) is 2.04. The summed E-state index contributed by atoms with van der Waals surface area (Å²) in [4.78, 5) is 3.96. The molecule has 1 aromatic heterocycles. The molecule has 0 bridgehead atoms. The van der Waals surface area contributed by atoms with Crippen LogP contribution < -0.4 is 5.62 Å². The average molecular weight is 202 g/mol. The van der Waals surface area contributed by atoms with E-state index in [0.717, 1.165) is 10.2 Å². The number of aromatic nitrogens is 2. The van der Waals surface area contributed by atoms with Gasteiger partial charge in [0.25, 0.3) is 0 Å². The van der Waals surface area contributed by atoms with E-state index in [-0.39, 0.29) is 5.62 Å². The second kappa shape index (κ2) is 2.54. The molecular formula is C6H8BrN3. The van der Waals surface area contributed by atoms with Gasteiger partial charge in [-0.1, -0.05) is 0 Å². The highest BCUT2D eigenvalue weighted by Crippen LogP contribution is 2.08. The lowest BCUT2D eigenvalue weighted by Gasteiger charge is -2.00. The van der Waals surface area contributed by atoms with Gasteiger partial charge < -0.3 is 4.57 Å². The number of aryl methyl sites for hydroxylation is 2. The molecule has 1 rings (SSSR count). The molecule has 4 heteroatoms. The van der Waals surface area contributed by atoms with Crippen LogP contribution >= 0.6 is 15.9 Å². The molecule has 0 saturated heterocycles. The van der Waals surface area contributed by atoms with Crippen LogP contribution in [0.2, 0.25) is 0 Å². The molecule has 0 fully saturated rings. The maximum absolute atomic E-state index is 7.29. The van der Waals surface area contributed by atoms with Gasteiger partial charge in [-0.25, -0.2) is 4.98 Å². The summed E-state index contributed by atoms with van der Waals surface area (Å²) >= 11 is 3.31. The van der Waals surface area contributed by atoms with E-state index in [1.54, 1.807) is 11.6 Å². The first-order valence-electron chi connectivity index (χ1n) is 2.85. The summed E-state index contributed by atoms with van der Waals surface area (Å²) in [5.74, 6) is 0. The van der Waals surface area contributed by atoms with Crippen LogP contribution in [0.15, 0.2) is 10.7 Å². The largest absolute Gasteiger partial charge is 0.320 e. The van der Waals surface area contributed by atoms with Gasteiger partial charge in [0.15, 0.2) is 0 Å². The molecule has 0 saturated carbocycles. The maximum atomic E-state index is 7.29. The summed E-state index contributed by atoms with van der Waals surface area (Å²) < 4.78 is 2.59. The summed E-state index contributed by atoms with van der Waals surface area (Å²) in [6.45, 7) is 1.86. The van der Waals surface area contributed by atoms with E-state index < -0.39 is 0 Å². The Labute approximate surface area is 67.4 Å². The van der Waals surface area contributed by atoms with Gasteiger partial charge in [0.05, 0.1) is 10.2 Å². The molecule has 0 amide bonds. The van der Waals surface area contributed by atoms with Crippen LogP contribution in [-0.2, 0) is 7.05 Å². The standard InChI is InChI=1S/C6H8BrN3/c1-4-5(7)3-10(2)6(8)9-4/h3,8H,1-2H3. The zero-order valence-electron chi connectivity index (χ0n) is 5.85. The predicted octanol–water partition coefficient (Wildman–Crippen LogP) is 0.970. The second-order valence-corrected chi connectivity index (χ2v) is 2.96. The van der Waals surface area contributed by atoms with Crippen LogP contribution in [0.25, 0.3) is 0 Å². The summed E-state index contributed by atoms with van der Waals surface area (Å²) in [7, 11) is 1.79. The van der Waals surface area contributed by atoms with Crippen LogP contribution in [0.4, 0.5) is 0 Å². The summed E-state index contributed by atoms with van der Waals surface area (Å²) in [6, 6.07) is 0. The van der Waals surface area contributed by atoms with Crippen LogP contribution in [0, 0.1) is 12.3 Å². The van der Waals surface area contributed by atoms with Crippen molar-refractivity contribution >= 4 is 15.9 Å². The molecule has 54 valence electrons. The van der Waals surface area contributed by atoms with Crippen molar-refractivity contribution in [2.75, 3.05) is 0 Å². The van der Waals surface area contributed by atoms with Crippen molar-refractivity contribution in [1.29, 1.82) is 5.41 Å². The van der Waals surface area contributed by atoms with Crippen LogP contribution in [0.1, 0.15) is 5.69 Å². The Hall–Kier alpha value is -0.640. The number of rotatable bonds is 0. The Kier molecular flexibility index (Phi) is 1.89. The minimum atomic E-state index is 0.278. The van der Waals surface area contributed by atoms with E-state index in [1.807, 2.05) is 13.1 Å². The molecule has 0 aromatic carbocycles. The molecule has 0 aliphatic rings. The zero-order valence-corrected chi connectivity index (χ0v) is 7.44. The van der Waals surface area contributed by atoms with E-state index in [4.69, 9.17) is 5.41 Å². The first-order chi connectivity index (χ1) is 4.61. The molecule has 0 aliphatic carbocycles. The summed E-state index contributed by atoms with van der Waals surface area (Å²) in [5.41, 5.74) is 1.13. The Morgan fingerprint density at radius 3 is 2.80 bits per heavy atom. The maximum Gasteiger partial charge on any atom is 0.221 e. The monoisotopic (exact) mass is 201 g/mol. The Balaban J connectivity index is 3.43. The first kappa shape index (κ1) is 7.47. The van der Waals surface area contributed by atoms with Crippen molar-refractivity contribution in [1.82, 2.24) is 9.55 Å². The third kappa shape index (κ3) is 1.26. The average Bonchev–Trinajstić information content (AvgIpc) is 1.84. The van der Waals surface area contributed by atoms with Gasteiger partial charge in [-0.3, -0.25) is 5.41 Å². The third-order valence-electron chi connectivity index (χ3n) is 1.26. The van der Waals surface area contributed by atoms with E-state index in [0.29, 0.717) is 0 Å². The van der Waals surface area contributed by atoms with Gasteiger partial charge in [-0.15, -0.1) is 0 Å². The lowest BCUT2D eigenvalue weighted by molar-refractivity contribution is 0.747. The van der Waals surface area contributed by atoms with Crippen molar-refractivity contribution < 1.29 is 0 Å². The smallest absolute Gasteiger partial charge is 0.221 e. The van der Waals surface area contributed by atoms with Gasteiger partial charge in [-0.05, 0) is 22.9 Å². The molecule has 10 heavy (non-hydrogen) atoms. The molecule has 0 aliphatic heterocycles. The molecule has 1 heterocycles. The lowest BCUT2D eigenvalue weighted by Crippen LogP contribution is -2.20. The fraction of sp³-hybridized carbons (Fsp3) is 0.333. The minimum Gasteiger partial charge on any atom is -0.320 e. The van der Waals surface area contributed by atoms with Crippen LogP contribution in [-0.4, -0.2) is 9.55 Å². The van der Waals surface area contributed by atoms with Crippen LogP contribution in [0.3, 0.4) is 0 Å². The van der Waals surface area contributed by atoms with Gasteiger partial charge in [0, 0.05) is 13.2 Å². The van der Waals surface area contributed by atoms with Crippen molar-refractivity contribution in [3.05, 3.63) is 22.0 Å². The highest BCUT2D eigenvalue weighted by Gasteiger charge is 1.94. The highest BCUT2D eigenvalue weighted by atomic mass is 79.9. The summed E-state index contributed by atoms with van der Waals surface area (Å²) in [6.07, 6.45) is 1.82. The quantitative estimate of drug-likeness (QED) is 0.669. The number of nitrogens with one attached hydrogen (secondary N) is 1. The normalized spacial score (nSPS) is 9.90. The fourth-order valence-corrected chi connectivity index (χ4v) is 1.01. The van der Waals surface area contributed by atoms with Crippen molar-refractivity contribution in [3.8, 4) is 0 Å². The van der Waals surface area contributed by atoms with Crippen molar-refractivity contribution in [3.63, 3.8) is 0 Å². The molecule has 0 radical (unpaired) electrons. The number of hydrogen-bond acceptors (Lipinski definition) is 2. The number of halogens is 1. The van der Waals surface area contributed by atoms with Gasteiger partial charge in [0.1, 0.15) is 0 Å². The SMILES string of the molecule is Cc1nc(=N)n(C)cc1Br. The highest BCUT2D eigenvalue weighted by molar-refractivity contribution is 9.10. The Morgan fingerprint density at radius 2 is 2.30 bits per heavy atom. The fourth-order valence-electron chi connectivity index (χ4n) is 0.616. The summed E-state index contributed by atoms with van der Waals surface area (Å²) in [5, 5.41) is 7.29. The number of hydrogen-bond donors (Lipinski definition) is 1. The van der Waals surface area contributed by atoms with Gasteiger partial charge in [-0.2, -0.15) is 0 Å². The van der Waals surface area contributed by atoms with E-state index in [1.165, 1.54) is 0 Å². The topological polar surface area (TPSA) is 41.7 Å². The van der Waals surface area contributed by atoms with Gasteiger partial charge in [0.2, 0.25) is 5.62 Å². The van der Waals surface area contributed by atoms with Crippen molar-refractivity contribution in [2.45, 2.75) is 6.92 Å². The first-order valence-corrected chi connectivity index (χ1v) is 3.65. The van der Waals surface area contributed by atoms with Crippen molar-refractivity contribution in [2.24, 2.45) is 7.05 Å². The molecule has 1 aromatic rings. The molecule has 1 N–H and O–H groups in total.